The molecule has 21 heavy (non-hydrogen) atoms. The van der Waals surface area contributed by atoms with Crippen molar-refractivity contribution in [2.75, 3.05) is 17.3 Å². The number of nitrogens with one attached hydrogen (secondary N) is 2. The quantitative estimate of drug-likeness (QED) is 0.578. The van der Waals surface area contributed by atoms with Crippen molar-refractivity contribution in [3.05, 3.63) is 51.5 Å². The number of nitrogen functional groups attached to an aromatic ring is 1. The second-order valence-corrected chi connectivity index (χ2v) is 5.05. The van der Waals surface area contributed by atoms with E-state index in [2.05, 4.69) is 15.7 Å². The molecule has 112 valence electrons. The highest BCUT2D eigenvalue weighted by Crippen LogP contribution is 2.22. The Kier molecular flexibility index (Phi) is 5.17. The van der Waals surface area contributed by atoms with Gasteiger partial charge < -0.3 is 10.7 Å². The molecule has 0 amide bonds. The molecule has 1 heterocycles. The molecule has 0 fully saturated rings. The largest absolute Gasteiger partial charge is 0.367 e. The Morgan fingerprint density at radius 1 is 1.10 bits per heavy atom. The fraction of sp³-hybridized carbons (Fsp3) is 0.154. The number of hydrogen-bond donors (Lipinski definition) is 3. The van der Waals surface area contributed by atoms with E-state index in [-0.39, 0.29) is 11.6 Å². The second-order valence-electron chi connectivity index (χ2n) is 4.21. The first-order chi connectivity index (χ1) is 10.0. The number of pyridine rings is 1. The SMILES string of the molecule is NNc1nc(NCCc2ccc(Cl)cc2Cl)c(F)cc1F. The molecule has 2 aromatic rings. The number of halogens is 4. The lowest BCUT2D eigenvalue weighted by atomic mass is 10.1. The van der Waals surface area contributed by atoms with Gasteiger partial charge in [0.25, 0.3) is 0 Å². The number of hydrazine groups is 1. The van der Waals surface area contributed by atoms with Crippen LogP contribution >= 0.6 is 23.2 Å². The summed E-state index contributed by atoms with van der Waals surface area (Å²) >= 11 is 11.8. The summed E-state index contributed by atoms with van der Waals surface area (Å²) in [6.45, 7) is 0.362. The zero-order valence-corrected chi connectivity index (χ0v) is 12.3. The maximum absolute atomic E-state index is 13.5. The van der Waals surface area contributed by atoms with Crippen molar-refractivity contribution in [2.45, 2.75) is 6.42 Å². The molecule has 0 atom stereocenters. The molecule has 8 heteroatoms. The highest BCUT2D eigenvalue weighted by Gasteiger charge is 2.11. The normalized spacial score (nSPS) is 10.5. The summed E-state index contributed by atoms with van der Waals surface area (Å²) < 4.78 is 26.8. The van der Waals surface area contributed by atoms with Crippen LogP contribution in [0.2, 0.25) is 10.0 Å². The first kappa shape index (κ1) is 15.8. The van der Waals surface area contributed by atoms with E-state index in [0.29, 0.717) is 29.1 Å². The predicted molar refractivity (Wildman–Crippen MR) is 80.6 cm³/mol. The molecule has 0 spiro atoms. The number of nitrogens with zero attached hydrogens (tertiary/aromatic N) is 1. The maximum Gasteiger partial charge on any atom is 0.178 e. The Balaban J connectivity index is 2.03. The van der Waals surface area contributed by atoms with Gasteiger partial charge in [-0.2, -0.15) is 0 Å². The molecule has 0 saturated carbocycles. The summed E-state index contributed by atoms with van der Waals surface area (Å²) in [5, 5.41) is 3.84. The first-order valence-corrected chi connectivity index (χ1v) is 6.77. The number of hydrogen-bond acceptors (Lipinski definition) is 4. The van der Waals surface area contributed by atoms with Gasteiger partial charge in [0, 0.05) is 22.7 Å². The van der Waals surface area contributed by atoms with E-state index in [1.165, 1.54) is 0 Å². The summed E-state index contributed by atoms with van der Waals surface area (Å²) in [7, 11) is 0. The summed E-state index contributed by atoms with van der Waals surface area (Å²) in [6, 6.07) is 5.84. The highest BCUT2D eigenvalue weighted by molar-refractivity contribution is 6.35. The number of benzene rings is 1. The van der Waals surface area contributed by atoms with Crippen molar-refractivity contribution >= 4 is 34.8 Å². The lowest BCUT2D eigenvalue weighted by Crippen LogP contribution is -2.14. The lowest BCUT2D eigenvalue weighted by molar-refractivity contribution is 0.578. The summed E-state index contributed by atoms with van der Waals surface area (Å²) in [5.41, 5.74) is 2.91. The molecule has 0 aliphatic rings. The van der Waals surface area contributed by atoms with E-state index in [0.717, 1.165) is 5.56 Å². The fourth-order valence-corrected chi connectivity index (χ4v) is 2.23. The van der Waals surface area contributed by atoms with Crippen LogP contribution in [0.15, 0.2) is 24.3 Å². The molecule has 0 unspecified atom stereocenters. The Bertz CT molecular complexity index is 652. The lowest BCUT2D eigenvalue weighted by Gasteiger charge is -2.10. The topological polar surface area (TPSA) is 63.0 Å². The van der Waals surface area contributed by atoms with Gasteiger partial charge in [0.1, 0.15) is 0 Å². The fourth-order valence-electron chi connectivity index (χ4n) is 1.73. The van der Waals surface area contributed by atoms with Gasteiger partial charge in [0.2, 0.25) is 0 Å². The van der Waals surface area contributed by atoms with Crippen LogP contribution in [0.3, 0.4) is 0 Å². The van der Waals surface area contributed by atoms with Crippen LogP contribution in [0.5, 0.6) is 0 Å². The summed E-state index contributed by atoms with van der Waals surface area (Å²) in [6.07, 6.45) is 0.528. The van der Waals surface area contributed by atoms with E-state index in [1.54, 1.807) is 18.2 Å². The monoisotopic (exact) mass is 332 g/mol. The summed E-state index contributed by atoms with van der Waals surface area (Å²) in [4.78, 5) is 3.71. The van der Waals surface area contributed by atoms with E-state index >= 15 is 0 Å². The number of rotatable bonds is 5. The molecule has 0 aliphatic carbocycles. The minimum atomic E-state index is -0.860. The van der Waals surface area contributed by atoms with Crippen LogP contribution in [0.25, 0.3) is 0 Å². The van der Waals surface area contributed by atoms with Crippen LogP contribution in [0.1, 0.15) is 5.56 Å². The van der Waals surface area contributed by atoms with Gasteiger partial charge in [-0.25, -0.2) is 19.6 Å². The van der Waals surface area contributed by atoms with Gasteiger partial charge in [-0.15, -0.1) is 0 Å². The molecule has 0 aliphatic heterocycles. The number of nitrogens with two attached hydrogens (primary N) is 1. The van der Waals surface area contributed by atoms with Crippen LogP contribution in [0.4, 0.5) is 20.4 Å². The Labute approximate surface area is 130 Å². The third-order valence-electron chi connectivity index (χ3n) is 2.77. The standard InChI is InChI=1S/C13H12Cl2F2N4/c14-8-2-1-7(9(15)5-8)3-4-19-12-10(16)6-11(17)13(20-12)21-18/h1-2,5-6H,3-4,18H2,(H2,19,20,21). The van der Waals surface area contributed by atoms with Crippen molar-refractivity contribution < 1.29 is 8.78 Å². The first-order valence-electron chi connectivity index (χ1n) is 6.01. The van der Waals surface area contributed by atoms with Crippen molar-refractivity contribution in [3.8, 4) is 0 Å². The third-order valence-corrected chi connectivity index (χ3v) is 3.36. The average molecular weight is 333 g/mol. The van der Waals surface area contributed by atoms with Crippen LogP contribution < -0.4 is 16.6 Å². The third kappa shape index (κ3) is 3.93. The molecular formula is C13H12Cl2F2N4. The maximum atomic E-state index is 13.5. The van der Waals surface area contributed by atoms with E-state index in [1.807, 2.05) is 0 Å². The smallest absolute Gasteiger partial charge is 0.178 e. The van der Waals surface area contributed by atoms with E-state index in [9.17, 15) is 8.78 Å². The average Bonchev–Trinajstić information content (AvgIpc) is 2.43. The van der Waals surface area contributed by atoms with Crippen molar-refractivity contribution in [2.24, 2.45) is 5.84 Å². The van der Waals surface area contributed by atoms with Crippen LogP contribution in [-0.4, -0.2) is 11.5 Å². The Morgan fingerprint density at radius 3 is 2.48 bits per heavy atom. The molecule has 1 aromatic heterocycles. The molecule has 0 saturated heterocycles. The predicted octanol–water partition coefficient (Wildman–Crippen LogP) is 3.61. The van der Waals surface area contributed by atoms with Gasteiger partial charge in [0.15, 0.2) is 23.3 Å². The zero-order valence-electron chi connectivity index (χ0n) is 10.8. The highest BCUT2D eigenvalue weighted by atomic mass is 35.5. The minimum Gasteiger partial charge on any atom is -0.367 e. The summed E-state index contributed by atoms with van der Waals surface area (Å²) in [5.74, 6) is 3.11. The molecule has 1 aromatic carbocycles. The van der Waals surface area contributed by atoms with Crippen LogP contribution in [0, 0.1) is 11.6 Å². The molecule has 0 radical (unpaired) electrons. The molecule has 2 rings (SSSR count). The van der Waals surface area contributed by atoms with Gasteiger partial charge in [-0.05, 0) is 24.1 Å². The van der Waals surface area contributed by atoms with Gasteiger partial charge >= 0.3 is 0 Å². The zero-order chi connectivity index (χ0) is 15.4. The molecule has 4 N–H and O–H groups in total. The van der Waals surface area contributed by atoms with Crippen LogP contribution in [-0.2, 0) is 6.42 Å². The molecule has 4 nitrogen and oxygen atoms in total. The minimum absolute atomic E-state index is 0.0885. The Morgan fingerprint density at radius 2 is 1.81 bits per heavy atom. The van der Waals surface area contributed by atoms with E-state index < -0.39 is 11.6 Å². The van der Waals surface area contributed by atoms with Crippen molar-refractivity contribution in [3.63, 3.8) is 0 Å². The second kappa shape index (κ2) is 6.89. The van der Waals surface area contributed by atoms with Gasteiger partial charge in [-0.1, -0.05) is 29.3 Å². The van der Waals surface area contributed by atoms with Crippen molar-refractivity contribution in [1.29, 1.82) is 0 Å². The number of aromatic nitrogens is 1. The van der Waals surface area contributed by atoms with Gasteiger partial charge in [-0.3, -0.25) is 0 Å². The van der Waals surface area contributed by atoms with Crippen molar-refractivity contribution in [1.82, 2.24) is 4.98 Å². The number of anilines is 2. The molecule has 0 bridgehead atoms. The Hall–Kier alpha value is -1.63. The van der Waals surface area contributed by atoms with Gasteiger partial charge in [0.05, 0.1) is 0 Å². The van der Waals surface area contributed by atoms with E-state index in [4.69, 9.17) is 29.0 Å². The molecular weight excluding hydrogens is 321 g/mol.